The maximum Gasteiger partial charge on any atom is 0.329 e. The molecule has 318 valence electrons. The van der Waals surface area contributed by atoms with Gasteiger partial charge in [0.25, 0.3) is 11.7 Å². The molecule has 14 atom stereocenters. The average Bonchev–Trinajstić information content (AvgIpc) is 3.18. The number of allylic oxidation sites excluding steroid dienone is 3. The first-order valence-electron chi connectivity index (χ1n) is 20.8. The van der Waals surface area contributed by atoms with Crippen molar-refractivity contribution in [2.75, 3.05) is 27.9 Å². The lowest BCUT2D eigenvalue weighted by atomic mass is 9.81. The summed E-state index contributed by atoms with van der Waals surface area (Å²) in [6, 6.07) is -1.13. The second-order valence-electron chi connectivity index (χ2n) is 17.2. The molecule has 0 unspecified atom stereocenters. The number of aliphatic hydroxyl groups excluding tert-OH is 2. The second-order valence-corrected chi connectivity index (χ2v) is 17.2. The SMILES string of the molecule is CC[C@@H]1/C=C(/C)C[C@@H](C)C[C@H](OC)[C@H]2O[C@@](O)(C(=O)C(=O)N3CCCC[C@H]3C(=O)O[C@H](/C(C)=C/[C@@H]3CC[C@@H](O)[C@H](OC)C3)[C@H](C)[C@@H](O)CC1=O)[C@H](C)C[C@@H]2OC. The molecule has 3 N–H and O–H groups in total. The molecular weight excluding hydrogens is 722 g/mol. The van der Waals surface area contributed by atoms with Crippen molar-refractivity contribution in [3.05, 3.63) is 23.3 Å². The number of ketones is 2. The zero-order chi connectivity index (χ0) is 41.5. The minimum atomic E-state index is -2.50. The standard InChI is InChI=1S/C43H69NO12/c1-10-30-18-24(2)17-25(3)19-36(53-8)39-37(54-9)21-27(5)43(51,56-39)40(48)41(49)44-16-12-11-13-31(44)42(50)55-38(28(6)33(46)23-34(30)47)26(4)20-29-14-15-32(45)35(22-29)52-7/h18,20,25,27-33,35-39,45-46,51H,10-17,19,21-23H2,1-9H3/b24-18-,26-20+/t25-,27-,28-,29+,30-,31+,32-,33+,35-,36+,37+,38-,39-,43-/m1/s1. The van der Waals surface area contributed by atoms with E-state index >= 15 is 0 Å². The number of Topliss-reactive ketones (excluding diaryl/α,β-unsaturated/α-hetero) is 2. The van der Waals surface area contributed by atoms with Crippen LogP contribution in [0.5, 0.6) is 0 Å². The number of cyclic esters (lactones) is 1. The van der Waals surface area contributed by atoms with Gasteiger partial charge in [0.05, 0.1) is 30.5 Å². The van der Waals surface area contributed by atoms with E-state index in [9.17, 15) is 34.5 Å². The largest absolute Gasteiger partial charge is 0.456 e. The number of carbonyl (C=O) groups is 4. The van der Waals surface area contributed by atoms with Gasteiger partial charge in [-0.25, -0.2) is 4.79 Å². The average molecular weight is 792 g/mol. The number of hydrogen-bond donors (Lipinski definition) is 3. The molecule has 4 aliphatic rings. The Hall–Kier alpha value is -2.52. The summed E-state index contributed by atoms with van der Waals surface area (Å²) in [4.78, 5) is 57.6. The van der Waals surface area contributed by atoms with Crippen LogP contribution in [0.3, 0.4) is 0 Å². The van der Waals surface area contributed by atoms with Gasteiger partial charge in [-0.15, -0.1) is 0 Å². The monoisotopic (exact) mass is 791 g/mol. The molecule has 1 amide bonds. The van der Waals surface area contributed by atoms with E-state index in [1.54, 1.807) is 21.0 Å². The predicted octanol–water partition coefficient (Wildman–Crippen LogP) is 4.47. The maximum absolute atomic E-state index is 14.3. The number of esters is 1. The number of hydrogen-bond acceptors (Lipinski definition) is 12. The molecule has 13 heteroatoms. The first-order valence-corrected chi connectivity index (χ1v) is 20.8. The van der Waals surface area contributed by atoms with Crippen LogP contribution < -0.4 is 0 Å². The quantitative estimate of drug-likeness (QED) is 0.196. The Morgan fingerprint density at radius 2 is 1.57 bits per heavy atom. The maximum atomic E-state index is 14.3. The van der Waals surface area contributed by atoms with E-state index in [4.69, 9.17) is 23.7 Å². The highest BCUT2D eigenvalue weighted by Gasteiger charge is 2.56. The van der Waals surface area contributed by atoms with Crippen LogP contribution in [0.25, 0.3) is 0 Å². The highest BCUT2D eigenvalue weighted by Crippen LogP contribution is 2.39. The minimum absolute atomic E-state index is 0.000914. The normalized spacial score (nSPS) is 41.6. The number of rotatable bonds is 6. The number of piperidine rings is 1. The lowest BCUT2D eigenvalue weighted by Gasteiger charge is -2.47. The van der Waals surface area contributed by atoms with Gasteiger partial charge in [0, 0.05) is 52.0 Å². The van der Waals surface area contributed by atoms with Crippen LogP contribution in [0.15, 0.2) is 23.3 Å². The summed E-state index contributed by atoms with van der Waals surface area (Å²) in [7, 11) is 4.63. The third kappa shape index (κ3) is 10.7. The predicted molar refractivity (Wildman–Crippen MR) is 208 cm³/mol. The molecule has 2 saturated heterocycles. The van der Waals surface area contributed by atoms with Gasteiger partial charge in [-0.1, -0.05) is 45.4 Å². The van der Waals surface area contributed by atoms with E-state index in [1.165, 1.54) is 19.1 Å². The smallest absolute Gasteiger partial charge is 0.329 e. The lowest BCUT2D eigenvalue weighted by Crippen LogP contribution is -2.64. The second kappa shape index (κ2) is 20.4. The van der Waals surface area contributed by atoms with Gasteiger partial charge in [-0.2, -0.15) is 0 Å². The summed E-state index contributed by atoms with van der Waals surface area (Å²) in [5, 5.41) is 34.1. The fourth-order valence-corrected chi connectivity index (χ4v) is 9.39. The lowest BCUT2D eigenvalue weighted by molar-refractivity contribution is -0.302. The third-order valence-electron chi connectivity index (χ3n) is 12.9. The van der Waals surface area contributed by atoms with Crippen LogP contribution in [0.1, 0.15) is 112 Å². The number of amides is 1. The first kappa shape index (κ1) is 46.2. The number of methoxy groups -OCH3 is 3. The summed E-state index contributed by atoms with van der Waals surface area (Å²) in [6.07, 6.45) is 3.72. The van der Waals surface area contributed by atoms with Gasteiger partial charge in [-0.3, -0.25) is 14.4 Å². The molecule has 13 nitrogen and oxygen atoms in total. The van der Waals surface area contributed by atoms with Crippen LogP contribution in [0.4, 0.5) is 0 Å². The van der Waals surface area contributed by atoms with E-state index in [0.717, 1.165) is 5.57 Å². The van der Waals surface area contributed by atoms with Crippen LogP contribution in [0.2, 0.25) is 0 Å². The van der Waals surface area contributed by atoms with Gasteiger partial charge < -0.3 is 43.9 Å². The Balaban J connectivity index is 1.76. The molecule has 1 saturated carbocycles. The molecule has 0 spiro atoms. The number of ether oxygens (including phenoxy) is 5. The van der Waals surface area contributed by atoms with Crippen molar-refractivity contribution in [2.24, 2.45) is 29.6 Å². The van der Waals surface area contributed by atoms with Crippen LogP contribution in [-0.2, 0) is 42.9 Å². The Morgan fingerprint density at radius 3 is 2.21 bits per heavy atom. The number of aliphatic hydroxyl groups is 3. The molecule has 3 aliphatic heterocycles. The van der Waals surface area contributed by atoms with E-state index < -0.39 is 83.9 Å². The van der Waals surface area contributed by atoms with E-state index in [0.29, 0.717) is 56.9 Å². The fourth-order valence-electron chi connectivity index (χ4n) is 9.39. The van der Waals surface area contributed by atoms with Crippen molar-refractivity contribution in [2.45, 2.75) is 167 Å². The zero-order valence-corrected chi connectivity index (χ0v) is 35.1. The molecule has 0 radical (unpaired) electrons. The zero-order valence-electron chi connectivity index (χ0n) is 35.1. The summed E-state index contributed by atoms with van der Waals surface area (Å²) in [5.74, 6) is -7.50. The molecule has 0 aromatic rings. The molecular formula is C43H69NO12. The van der Waals surface area contributed by atoms with Gasteiger partial charge in [0.1, 0.15) is 24.0 Å². The minimum Gasteiger partial charge on any atom is -0.456 e. The van der Waals surface area contributed by atoms with Crippen molar-refractivity contribution in [3.63, 3.8) is 0 Å². The van der Waals surface area contributed by atoms with E-state index in [1.807, 2.05) is 32.9 Å². The van der Waals surface area contributed by atoms with Crippen molar-refractivity contribution in [1.29, 1.82) is 0 Å². The number of fused-ring (bicyclic) bond motifs is 3. The third-order valence-corrected chi connectivity index (χ3v) is 12.9. The highest BCUT2D eigenvalue weighted by atomic mass is 16.7. The Morgan fingerprint density at radius 1 is 0.911 bits per heavy atom. The van der Waals surface area contributed by atoms with Crippen LogP contribution in [0, 0.1) is 29.6 Å². The summed E-state index contributed by atoms with van der Waals surface area (Å²) >= 11 is 0. The topological polar surface area (TPSA) is 178 Å². The Bertz CT molecular complexity index is 1430. The molecule has 56 heavy (non-hydrogen) atoms. The molecule has 2 bridgehead atoms. The van der Waals surface area contributed by atoms with E-state index in [2.05, 4.69) is 6.92 Å². The molecule has 3 heterocycles. The molecule has 3 fully saturated rings. The molecule has 0 aromatic heterocycles. The van der Waals surface area contributed by atoms with Crippen LogP contribution in [-0.4, -0.2) is 126 Å². The Labute approximate surface area is 333 Å². The molecule has 0 aromatic carbocycles. The van der Waals surface area contributed by atoms with Gasteiger partial charge in [0.15, 0.2) is 0 Å². The van der Waals surface area contributed by atoms with Crippen molar-refractivity contribution >= 4 is 23.4 Å². The summed E-state index contributed by atoms with van der Waals surface area (Å²) < 4.78 is 29.7. The van der Waals surface area contributed by atoms with Gasteiger partial charge in [-0.05, 0) is 95.5 Å². The van der Waals surface area contributed by atoms with Crippen molar-refractivity contribution in [3.8, 4) is 0 Å². The summed E-state index contributed by atoms with van der Waals surface area (Å²) in [5.41, 5.74) is 1.66. The summed E-state index contributed by atoms with van der Waals surface area (Å²) in [6.45, 7) is 11.3. The Kier molecular flexibility index (Phi) is 16.9. The highest BCUT2D eigenvalue weighted by molar-refractivity contribution is 6.39. The van der Waals surface area contributed by atoms with Gasteiger partial charge >= 0.3 is 5.97 Å². The van der Waals surface area contributed by atoms with Crippen LogP contribution >= 0.6 is 0 Å². The van der Waals surface area contributed by atoms with E-state index in [-0.39, 0.29) is 49.5 Å². The fraction of sp³-hybridized carbons (Fsp3) is 0.814. The number of nitrogens with zero attached hydrogens (tertiary/aromatic N) is 1. The van der Waals surface area contributed by atoms with Gasteiger partial charge in [0.2, 0.25) is 5.79 Å². The molecule has 4 rings (SSSR count). The number of carbonyl (C=O) groups excluding carboxylic acids is 4. The van der Waals surface area contributed by atoms with Crippen molar-refractivity contribution < 1.29 is 58.2 Å². The first-order chi connectivity index (χ1) is 26.5. The van der Waals surface area contributed by atoms with Crippen molar-refractivity contribution in [1.82, 2.24) is 4.90 Å². The molecule has 1 aliphatic carbocycles.